The number of nitrogens with zero attached hydrogens (tertiary/aromatic N) is 1. The molecule has 5 heteroatoms. The van der Waals surface area contributed by atoms with Crippen molar-refractivity contribution in [3.8, 4) is 12.3 Å². The van der Waals surface area contributed by atoms with E-state index < -0.39 is 5.79 Å². The Morgan fingerprint density at radius 3 is 2.86 bits per heavy atom. The first-order chi connectivity index (χ1) is 10.1. The molecule has 118 valence electrons. The van der Waals surface area contributed by atoms with Crippen LogP contribution in [0.3, 0.4) is 0 Å². The van der Waals surface area contributed by atoms with Crippen molar-refractivity contribution in [2.75, 3.05) is 26.3 Å². The zero-order valence-corrected chi connectivity index (χ0v) is 13.1. The molecule has 2 saturated heterocycles. The standard InChI is InChI=1S/C16H26N2O3/c1-4-7-14(5-2)17-15(19)18-9-6-8-13(12-18)16(3)20-10-11-21-16/h1,13-14H,5-12H2,2-3H3,(H,17,19). The van der Waals surface area contributed by atoms with E-state index in [1.165, 1.54) is 0 Å². The van der Waals surface area contributed by atoms with Crippen LogP contribution in [0.25, 0.3) is 0 Å². The van der Waals surface area contributed by atoms with Crippen molar-refractivity contribution in [1.82, 2.24) is 10.2 Å². The lowest BCUT2D eigenvalue weighted by Gasteiger charge is -2.40. The van der Waals surface area contributed by atoms with E-state index >= 15 is 0 Å². The van der Waals surface area contributed by atoms with Crippen molar-refractivity contribution in [3.63, 3.8) is 0 Å². The molecule has 0 radical (unpaired) electrons. The number of piperidine rings is 1. The zero-order valence-electron chi connectivity index (χ0n) is 13.1. The lowest BCUT2D eigenvalue weighted by Crippen LogP contribution is -2.52. The van der Waals surface area contributed by atoms with Gasteiger partial charge in [0.25, 0.3) is 0 Å². The highest BCUT2D eigenvalue weighted by molar-refractivity contribution is 5.74. The summed E-state index contributed by atoms with van der Waals surface area (Å²) in [6.07, 6.45) is 8.76. The third-order valence-corrected chi connectivity index (χ3v) is 4.50. The molecular formula is C16H26N2O3. The van der Waals surface area contributed by atoms with Gasteiger partial charge in [-0.1, -0.05) is 6.92 Å². The minimum Gasteiger partial charge on any atom is -0.347 e. The second-order valence-electron chi connectivity index (χ2n) is 5.96. The molecule has 2 aliphatic heterocycles. The highest BCUT2D eigenvalue weighted by Crippen LogP contribution is 2.34. The molecule has 2 atom stereocenters. The van der Waals surface area contributed by atoms with Gasteiger partial charge in [-0.25, -0.2) is 4.79 Å². The lowest BCUT2D eigenvalue weighted by molar-refractivity contribution is -0.189. The molecule has 2 aliphatic rings. The van der Waals surface area contributed by atoms with E-state index in [9.17, 15) is 4.79 Å². The highest BCUT2D eigenvalue weighted by atomic mass is 16.7. The molecule has 2 rings (SSSR count). The first-order valence-corrected chi connectivity index (χ1v) is 7.86. The predicted octanol–water partition coefficient (Wildman–Crippen LogP) is 1.97. The van der Waals surface area contributed by atoms with Gasteiger partial charge in [0.2, 0.25) is 0 Å². The maximum atomic E-state index is 12.4. The topological polar surface area (TPSA) is 50.8 Å². The monoisotopic (exact) mass is 294 g/mol. The van der Waals surface area contributed by atoms with Crippen LogP contribution in [0.15, 0.2) is 0 Å². The second-order valence-corrected chi connectivity index (χ2v) is 5.96. The molecule has 0 aromatic heterocycles. The van der Waals surface area contributed by atoms with Crippen molar-refractivity contribution < 1.29 is 14.3 Å². The van der Waals surface area contributed by atoms with Crippen molar-refractivity contribution in [1.29, 1.82) is 0 Å². The summed E-state index contributed by atoms with van der Waals surface area (Å²) >= 11 is 0. The Morgan fingerprint density at radius 2 is 2.24 bits per heavy atom. The number of hydrogen-bond acceptors (Lipinski definition) is 3. The Labute approximate surface area is 127 Å². The Balaban J connectivity index is 1.91. The lowest BCUT2D eigenvalue weighted by atomic mass is 9.90. The van der Waals surface area contributed by atoms with Gasteiger partial charge < -0.3 is 19.7 Å². The molecule has 0 bridgehead atoms. The second kappa shape index (κ2) is 7.15. The fourth-order valence-electron chi connectivity index (χ4n) is 3.06. The Kier molecular flexibility index (Phi) is 5.49. The van der Waals surface area contributed by atoms with Crippen molar-refractivity contribution in [2.24, 2.45) is 5.92 Å². The average Bonchev–Trinajstić information content (AvgIpc) is 2.95. The molecule has 2 heterocycles. The third-order valence-electron chi connectivity index (χ3n) is 4.50. The van der Waals surface area contributed by atoms with Crippen molar-refractivity contribution in [2.45, 2.75) is 51.4 Å². The first kappa shape index (κ1) is 16.1. The number of rotatable bonds is 4. The minimum absolute atomic E-state index is 0.0246. The summed E-state index contributed by atoms with van der Waals surface area (Å²) in [4.78, 5) is 14.2. The fraction of sp³-hybridized carbons (Fsp3) is 0.812. The number of amides is 2. The summed E-state index contributed by atoms with van der Waals surface area (Å²) in [6.45, 7) is 6.75. The Morgan fingerprint density at radius 1 is 1.52 bits per heavy atom. The summed E-state index contributed by atoms with van der Waals surface area (Å²) in [5, 5.41) is 3.02. The van der Waals surface area contributed by atoms with Gasteiger partial charge in [-0.2, -0.15) is 0 Å². The van der Waals surface area contributed by atoms with Crippen LogP contribution in [0.5, 0.6) is 0 Å². The number of urea groups is 1. The van der Waals surface area contributed by atoms with Gasteiger partial charge in [0.15, 0.2) is 5.79 Å². The Hall–Kier alpha value is -1.25. The van der Waals surface area contributed by atoms with E-state index in [1.54, 1.807) is 0 Å². The minimum atomic E-state index is -0.540. The maximum absolute atomic E-state index is 12.4. The molecule has 1 N–H and O–H groups in total. The smallest absolute Gasteiger partial charge is 0.317 e. The summed E-state index contributed by atoms with van der Waals surface area (Å²) in [5.41, 5.74) is 0. The Bertz CT molecular complexity index is 399. The van der Waals surface area contributed by atoms with E-state index in [0.717, 1.165) is 25.8 Å². The highest BCUT2D eigenvalue weighted by Gasteiger charge is 2.42. The van der Waals surface area contributed by atoms with E-state index in [2.05, 4.69) is 11.2 Å². The van der Waals surface area contributed by atoms with Gasteiger partial charge in [-0.05, 0) is 26.2 Å². The quantitative estimate of drug-likeness (QED) is 0.807. The number of likely N-dealkylation sites (tertiary alicyclic amines) is 1. The molecule has 0 aliphatic carbocycles. The third kappa shape index (κ3) is 3.90. The van der Waals surface area contributed by atoms with Crippen LogP contribution >= 0.6 is 0 Å². The van der Waals surface area contributed by atoms with E-state index in [-0.39, 0.29) is 18.0 Å². The number of carbonyl (C=O) groups excluding carboxylic acids is 1. The summed E-state index contributed by atoms with van der Waals surface area (Å²) in [5.74, 6) is 2.30. The van der Waals surface area contributed by atoms with E-state index in [1.807, 2.05) is 18.7 Å². The normalized spacial score (nSPS) is 26.1. The molecule has 0 aromatic carbocycles. The summed E-state index contributed by atoms with van der Waals surface area (Å²) < 4.78 is 11.5. The van der Waals surface area contributed by atoms with Gasteiger partial charge >= 0.3 is 6.03 Å². The van der Waals surface area contributed by atoms with E-state index in [4.69, 9.17) is 15.9 Å². The van der Waals surface area contributed by atoms with Gasteiger partial charge in [0, 0.05) is 31.5 Å². The summed E-state index contributed by atoms with van der Waals surface area (Å²) in [6, 6.07) is 0.0286. The average molecular weight is 294 g/mol. The number of nitrogens with one attached hydrogen (secondary N) is 1. The SMILES string of the molecule is C#CCC(CC)NC(=O)N1CCCC(C2(C)OCCO2)C1. The molecule has 0 spiro atoms. The van der Waals surface area contributed by atoms with Crippen LogP contribution in [-0.2, 0) is 9.47 Å². The molecule has 2 unspecified atom stereocenters. The van der Waals surface area contributed by atoms with E-state index in [0.29, 0.717) is 26.2 Å². The fourth-order valence-corrected chi connectivity index (χ4v) is 3.06. The van der Waals surface area contributed by atoms with Gasteiger partial charge in [-0.3, -0.25) is 0 Å². The molecule has 2 amide bonds. The zero-order chi connectivity index (χ0) is 15.3. The predicted molar refractivity (Wildman–Crippen MR) is 80.7 cm³/mol. The van der Waals surface area contributed by atoms with Crippen LogP contribution in [0.2, 0.25) is 0 Å². The van der Waals surface area contributed by atoms with Gasteiger partial charge in [-0.15, -0.1) is 12.3 Å². The van der Waals surface area contributed by atoms with Crippen molar-refractivity contribution >= 4 is 6.03 Å². The largest absolute Gasteiger partial charge is 0.347 e. The number of ether oxygens (including phenoxy) is 2. The van der Waals surface area contributed by atoms with Gasteiger partial charge in [0.1, 0.15) is 0 Å². The van der Waals surface area contributed by atoms with Crippen LogP contribution in [-0.4, -0.2) is 49.1 Å². The van der Waals surface area contributed by atoms with Gasteiger partial charge in [0.05, 0.1) is 13.2 Å². The molecule has 0 aromatic rings. The van der Waals surface area contributed by atoms with Crippen molar-refractivity contribution in [3.05, 3.63) is 0 Å². The molecule has 5 nitrogen and oxygen atoms in total. The number of hydrogen-bond donors (Lipinski definition) is 1. The number of carbonyl (C=O) groups is 1. The molecule has 2 fully saturated rings. The van der Waals surface area contributed by atoms with Crippen LogP contribution in [0, 0.1) is 18.3 Å². The maximum Gasteiger partial charge on any atom is 0.317 e. The first-order valence-electron chi connectivity index (χ1n) is 7.86. The van der Waals surface area contributed by atoms with Crippen LogP contribution in [0.4, 0.5) is 4.79 Å². The summed E-state index contributed by atoms with van der Waals surface area (Å²) in [7, 11) is 0. The molecular weight excluding hydrogens is 268 g/mol. The molecule has 0 saturated carbocycles. The number of terminal acetylenes is 1. The van der Waals surface area contributed by atoms with Crippen LogP contribution < -0.4 is 5.32 Å². The molecule has 21 heavy (non-hydrogen) atoms. The van der Waals surface area contributed by atoms with Crippen LogP contribution in [0.1, 0.15) is 39.5 Å².